The summed E-state index contributed by atoms with van der Waals surface area (Å²) in [5.74, 6) is -0.843. The molecule has 1 aliphatic rings. The average Bonchev–Trinajstić information content (AvgIpc) is 2.27. The Labute approximate surface area is 77.8 Å². The van der Waals surface area contributed by atoms with Crippen molar-refractivity contribution in [2.45, 2.75) is 32.1 Å². The van der Waals surface area contributed by atoms with E-state index in [-0.39, 0.29) is 6.54 Å². The molecule has 0 aromatic heterocycles. The van der Waals surface area contributed by atoms with Crippen LogP contribution in [0.15, 0.2) is 11.4 Å². The molecule has 0 saturated heterocycles. The molecule has 4 heteroatoms. The third kappa shape index (κ3) is 3.36. The van der Waals surface area contributed by atoms with Crippen molar-refractivity contribution in [1.29, 1.82) is 0 Å². The zero-order chi connectivity index (χ0) is 9.68. The van der Waals surface area contributed by atoms with Gasteiger partial charge in [0.1, 0.15) is 6.54 Å². The van der Waals surface area contributed by atoms with Crippen LogP contribution in [0.2, 0.25) is 0 Å². The van der Waals surface area contributed by atoms with E-state index in [2.05, 4.69) is 5.32 Å². The number of rotatable bonds is 3. The van der Waals surface area contributed by atoms with Crippen LogP contribution in [0.4, 0.5) is 0 Å². The van der Waals surface area contributed by atoms with Crippen LogP contribution in [0.3, 0.4) is 0 Å². The molecule has 0 atom stereocenters. The van der Waals surface area contributed by atoms with Crippen molar-refractivity contribution in [3.05, 3.63) is 11.4 Å². The van der Waals surface area contributed by atoms with Crippen LogP contribution in [-0.4, -0.2) is 17.6 Å². The molecule has 0 fully saturated rings. The van der Waals surface area contributed by atoms with Gasteiger partial charge in [-0.05, 0) is 25.7 Å². The molecule has 0 saturated carbocycles. The molecule has 74 valence electrons. The second-order valence-corrected chi connectivity index (χ2v) is 3.31. The predicted octanol–water partition coefficient (Wildman–Crippen LogP) is 0.795. The van der Waals surface area contributed by atoms with Crippen LogP contribution in [0.5, 0.6) is 0 Å². The quantitative estimate of drug-likeness (QED) is 0.606. The molecule has 4 nitrogen and oxygen atoms in total. The number of carboxylic acid groups (broad SMARTS) is 1. The van der Waals surface area contributed by atoms with E-state index in [1.165, 1.54) is 6.42 Å². The van der Waals surface area contributed by atoms with Gasteiger partial charge in [0.05, 0.1) is 0 Å². The van der Waals surface area contributed by atoms with E-state index in [0.29, 0.717) is 0 Å². The molecule has 1 rings (SSSR count). The minimum atomic E-state index is -0.843. The summed E-state index contributed by atoms with van der Waals surface area (Å²) in [6.45, 7) is -0.0317. The Morgan fingerprint density at radius 1 is 1.38 bits per heavy atom. The molecule has 0 heterocycles. The lowest BCUT2D eigenvalue weighted by molar-refractivity contribution is -0.135. The van der Waals surface area contributed by atoms with E-state index in [0.717, 1.165) is 37.1 Å². The van der Waals surface area contributed by atoms with Crippen LogP contribution in [0.25, 0.3) is 0 Å². The summed E-state index contributed by atoms with van der Waals surface area (Å²) in [6.07, 6.45) is 5.17. The van der Waals surface area contributed by atoms with Crippen molar-refractivity contribution in [3.63, 3.8) is 0 Å². The van der Waals surface area contributed by atoms with Gasteiger partial charge in [0.15, 0.2) is 0 Å². The van der Waals surface area contributed by atoms with Gasteiger partial charge in [0, 0.05) is 11.4 Å². The maximum absolute atomic E-state index is 10.3. The lowest BCUT2D eigenvalue weighted by atomic mass is 10.2. The molecule has 0 radical (unpaired) electrons. The summed E-state index contributed by atoms with van der Waals surface area (Å²) in [5, 5.41) is 11.3. The highest BCUT2D eigenvalue weighted by atomic mass is 16.4. The van der Waals surface area contributed by atoms with Crippen molar-refractivity contribution in [2.75, 3.05) is 6.54 Å². The smallest absolute Gasteiger partial charge is 0.322 e. The van der Waals surface area contributed by atoms with E-state index in [1.54, 1.807) is 0 Å². The highest BCUT2D eigenvalue weighted by molar-refractivity contribution is 5.69. The summed E-state index contributed by atoms with van der Waals surface area (Å²) >= 11 is 0. The first-order chi connectivity index (χ1) is 6.20. The summed E-state index contributed by atoms with van der Waals surface area (Å²) in [7, 11) is 0. The normalized spacial score (nSPS) is 18.2. The fourth-order valence-corrected chi connectivity index (χ4v) is 1.49. The van der Waals surface area contributed by atoms with Crippen LogP contribution < -0.4 is 11.1 Å². The molecule has 0 unspecified atom stereocenters. The van der Waals surface area contributed by atoms with E-state index in [4.69, 9.17) is 10.8 Å². The van der Waals surface area contributed by atoms with Gasteiger partial charge >= 0.3 is 5.97 Å². The average molecular weight is 184 g/mol. The van der Waals surface area contributed by atoms with Crippen LogP contribution >= 0.6 is 0 Å². The van der Waals surface area contributed by atoms with Crippen molar-refractivity contribution >= 4 is 5.97 Å². The molecule has 4 N–H and O–H groups in total. The van der Waals surface area contributed by atoms with Crippen molar-refractivity contribution in [3.8, 4) is 0 Å². The lowest BCUT2D eigenvalue weighted by Gasteiger charge is -2.09. The second-order valence-electron chi connectivity index (χ2n) is 3.31. The monoisotopic (exact) mass is 184 g/mol. The van der Waals surface area contributed by atoms with Gasteiger partial charge in [0.2, 0.25) is 0 Å². The number of carboxylic acids is 1. The molecule has 0 bridgehead atoms. The van der Waals surface area contributed by atoms with Gasteiger partial charge in [0.25, 0.3) is 0 Å². The standard InChI is InChI=1S/C9H16N2O2/c10-7-4-2-1-3-5-8(7)11-6-9(12)13/h11H,1-6,10H2,(H,12,13). The van der Waals surface area contributed by atoms with Crippen molar-refractivity contribution in [2.24, 2.45) is 5.73 Å². The van der Waals surface area contributed by atoms with E-state index < -0.39 is 5.97 Å². The number of allylic oxidation sites excluding steroid dienone is 2. The first kappa shape index (κ1) is 9.89. The second kappa shape index (κ2) is 4.74. The van der Waals surface area contributed by atoms with Crippen molar-refractivity contribution < 1.29 is 9.90 Å². The zero-order valence-electron chi connectivity index (χ0n) is 7.68. The maximum Gasteiger partial charge on any atom is 0.322 e. The SMILES string of the molecule is NC1=C(NCC(=O)O)CCCCC1. The van der Waals surface area contributed by atoms with Gasteiger partial charge in [-0.2, -0.15) is 0 Å². The Morgan fingerprint density at radius 2 is 2.08 bits per heavy atom. The summed E-state index contributed by atoms with van der Waals surface area (Å²) < 4.78 is 0. The van der Waals surface area contributed by atoms with E-state index in [1.807, 2.05) is 0 Å². The lowest BCUT2D eigenvalue weighted by Crippen LogP contribution is -2.24. The predicted molar refractivity (Wildman–Crippen MR) is 49.9 cm³/mol. The highest BCUT2D eigenvalue weighted by Gasteiger charge is 2.08. The van der Waals surface area contributed by atoms with Crippen LogP contribution in [0, 0.1) is 0 Å². The number of nitrogens with one attached hydrogen (secondary N) is 1. The van der Waals surface area contributed by atoms with Gasteiger partial charge < -0.3 is 16.2 Å². The zero-order valence-corrected chi connectivity index (χ0v) is 7.68. The van der Waals surface area contributed by atoms with Gasteiger partial charge in [-0.25, -0.2) is 0 Å². The molecule has 13 heavy (non-hydrogen) atoms. The molecule has 1 aliphatic carbocycles. The first-order valence-corrected chi connectivity index (χ1v) is 4.63. The Kier molecular flexibility index (Phi) is 3.61. The van der Waals surface area contributed by atoms with Gasteiger partial charge in [-0.1, -0.05) is 6.42 Å². The van der Waals surface area contributed by atoms with Crippen LogP contribution in [0.1, 0.15) is 32.1 Å². The molecular formula is C9H16N2O2. The Bertz CT molecular complexity index is 224. The molecule has 0 amide bonds. The number of aliphatic carboxylic acids is 1. The topological polar surface area (TPSA) is 75.3 Å². The number of nitrogens with two attached hydrogens (primary N) is 1. The fourth-order valence-electron chi connectivity index (χ4n) is 1.49. The Hall–Kier alpha value is -1.19. The summed E-state index contributed by atoms with van der Waals surface area (Å²) in [6, 6.07) is 0. The van der Waals surface area contributed by atoms with Gasteiger partial charge in [-0.3, -0.25) is 4.79 Å². The molecule has 0 aromatic rings. The summed E-state index contributed by atoms with van der Waals surface area (Å²) in [5.41, 5.74) is 7.55. The minimum Gasteiger partial charge on any atom is -0.480 e. The number of hydrogen-bond acceptors (Lipinski definition) is 3. The highest BCUT2D eigenvalue weighted by Crippen LogP contribution is 2.18. The largest absolute Gasteiger partial charge is 0.480 e. The number of hydrogen-bond donors (Lipinski definition) is 3. The fraction of sp³-hybridized carbons (Fsp3) is 0.667. The third-order valence-electron chi connectivity index (χ3n) is 2.21. The molecule has 0 spiro atoms. The minimum absolute atomic E-state index is 0.0317. The molecular weight excluding hydrogens is 168 g/mol. The molecule has 0 aliphatic heterocycles. The van der Waals surface area contributed by atoms with E-state index in [9.17, 15) is 4.79 Å². The Morgan fingerprint density at radius 3 is 2.77 bits per heavy atom. The first-order valence-electron chi connectivity index (χ1n) is 4.63. The van der Waals surface area contributed by atoms with Gasteiger partial charge in [-0.15, -0.1) is 0 Å². The van der Waals surface area contributed by atoms with E-state index >= 15 is 0 Å². The molecule has 0 aromatic carbocycles. The Balaban J connectivity index is 2.48. The van der Waals surface area contributed by atoms with Crippen molar-refractivity contribution in [1.82, 2.24) is 5.32 Å². The third-order valence-corrected chi connectivity index (χ3v) is 2.21. The number of carbonyl (C=O) groups is 1. The summed E-state index contributed by atoms with van der Waals surface area (Å²) in [4.78, 5) is 10.3. The van der Waals surface area contributed by atoms with Crippen LogP contribution in [-0.2, 0) is 4.79 Å². The maximum atomic E-state index is 10.3.